The molecule has 0 saturated heterocycles. The molecule has 0 N–H and O–H groups in total. The van der Waals surface area contributed by atoms with E-state index in [1.54, 1.807) is 0 Å². The fraction of sp³-hybridized carbons (Fsp3) is 0.200. The van der Waals surface area contributed by atoms with Crippen LogP contribution in [0.25, 0.3) is 10.9 Å². The maximum atomic E-state index is 5.80. The minimum atomic E-state index is 0.260. The molecule has 1 aromatic heterocycles. The van der Waals surface area contributed by atoms with E-state index in [-0.39, 0.29) is 6.04 Å². The lowest BCUT2D eigenvalue weighted by atomic mass is 10.2. The molecule has 0 radical (unpaired) electrons. The summed E-state index contributed by atoms with van der Waals surface area (Å²) in [6.07, 6.45) is 5.06. The minimum absolute atomic E-state index is 0.260. The van der Waals surface area contributed by atoms with Crippen molar-refractivity contribution in [3.63, 3.8) is 0 Å². The van der Waals surface area contributed by atoms with Crippen molar-refractivity contribution in [2.45, 2.75) is 19.1 Å². The maximum Gasteiger partial charge on any atom is 0.0716 e. The van der Waals surface area contributed by atoms with E-state index in [0.29, 0.717) is 6.61 Å². The van der Waals surface area contributed by atoms with E-state index in [1.807, 2.05) is 24.3 Å². The zero-order valence-corrected chi connectivity index (χ0v) is 12.7. The zero-order chi connectivity index (χ0) is 15.2. The van der Waals surface area contributed by atoms with Gasteiger partial charge in [0.15, 0.2) is 0 Å². The molecule has 0 aliphatic carbocycles. The third-order valence-corrected chi connectivity index (χ3v) is 3.93. The molecule has 0 bridgehead atoms. The molecule has 1 heterocycles. The number of allylic oxidation sites excluding steroid dienone is 1. The number of benzene rings is 2. The molecule has 0 aliphatic rings. The Morgan fingerprint density at radius 1 is 1.00 bits per heavy atom. The lowest BCUT2D eigenvalue weighted by molar-refractivity contribution is 0.112. The first-order valence-electron chi connectivity index (χ1n) is 7.68. The highest BCUT2D eigenvalue weighted by molar-refractivity contribution is 5.80. The van der Waals surface area contributed by atoms with Crippen LogP contribution >= 0.6 is 0 Å². The van der Waals surface area contributed by atoms with Gasteiger partial charge in [0.1, 0.15) is 0 Å². The number of rotatable bonds is 7. The van der Waals surface area contributed by atoms with Crippen LogP contribution in [0.2, 0.25) is 0 Å². The van der Waals surface area contributed by atoms with Gasteiger partial charge in [0.2, 0.25) is 0 Å². The second-order valence-electron chi connectivity index (χ2n) is 5.41. The minimum Gasteiger partial charge on any atom is -0.377 e. The van der Waals surface area contributed by atoms with Gasteiger partial charge in [0, 0.05) is 18.3 Å². The fourth-order valence-electron chi connectivity index (χ4n) is 2.73. The molecule has 0 fully saturated rings. The molecule has 0 saturated carbocycles. The summed E-state index contributed by atoms with van der Waals surface area (Å²) in [5.41, 5.74) is 2.46. The first-order valence-corrected chi connectivity index (χ1v) is 7.68. The van der Waals surface area contributed by atoms with Gasteiger partial charge in [-0.15, -0.1) is 6.58 Å². The van der Waals surface area contributed by atoms with Crippen LogP contribution in [-0.2, 0) is 11.3 Å². The zero-order valence-electron chi connectivity index (χ0n) is 12.7. The second kappa shape index (κ2) is 7.10. The van der Waals surface area contributed by atoms with Crippen molar-refractivity contribution in [1.29, 1.82) is 0 Å². The Morgan fingerprint density at radius 2 is 1.77 bits per heavy atom. The maximum absolute atomic E-state index is 5.80. The molecule has 2 heteroatoms. The predicted octanol–water partition coefficient (Wildman–Crippen LogP) is 4.98. The third kappa shape index (κ3) is 3.29. The lowest BCUT2D eigenvalue weighted by Crippen LogP contribution is -2.08. The summed E-state index contributed by atoms with van der Waals surface area (Å²) in [5.74, 6) is 0. The number of ether oxygens (including phenoxy) is 1. The SMILES string of the molecule is C=C[C@H](CCOCc1ccccc1)n1ccc2ccccc21. The Labute approximate surface area is 131 Å². The molecular formula is C20H21NO. The van der Waals surface area contributed by atoms with Gasteiger partial charge < -0.3 is 9.30 Å². The summed E-state index contributed by atoms with van der Waals surface area (Å²) in [4.78, 5) is 0. The number of hydrogen-bond donors (Lipinski definition) is 0. The van der Waals surface area contributed by atoms with Gasteiger partial charge in [-0.2, -0.15) is 0 Å². The Morgan fingerprint density at radius 3 is 2.59 bits per heavy atom. The first-order chi connectivity index (χ1) is 10.9. The molecule has 2 aromatic carbocycles. The first kappa shape index (κ1) is 14.6. The van der Waals surface area contributed by atoms with Crippen LogP contribution in [0.3, 0.4) is 0 Å². The van der Waals surface area contributed by atoms with Crippen LogP contribution in [-0.4, -0.2) is 11.2 Å². The van der Waals surface area contributed by atoms with Gasteiger partial charge in [-0.3, -0.25) is 0 Å². The summed E-state index contributed by atoms with van der Waals surface area (Å²) in [7, 11) is 0. The van der Waals surface area contributed by atoms with Gasteiger partial charge in [-0.25, -0.2) is 0 Å². The Bertz CT molecular complexity index is 730. The Hall–Kier alpha value is -2.32. The monoisotopic (exact) mass is 291 g/mol. The summed E-state index contributed by atoms with van der Waals surface area (Å²) >= 11 is 0. The number of aromatic nitrogens is 1. The molecule has 3 rings (SSSR count). The molecule has 112 valence electrons. The van der Waals surface area contributed by atoms with Crippen molar-refractivity contribution in [3.05, 3.63) is 85.1 Å². The smallest absolute Gasteiger partial charge is 0.0716 e. The van der Waals surface area contributed by atoms with Crippen molar-refractivity contribution in [1.82, 2.24) is 4.57 Å². The molecule has 0 unspecified atom stereocenters. The highest BCUT2D eigenvalue weighted by atomic mass is 16.5. The van der Waals surface area contributed by atoms with Crippen molar-refractivity contribution in [3.8, 4) is 0 Å². The Balaban J connectivity index is 1.59. The van der Waals surface area contributed by atoms with E-state index in [9.17, 15) is 0 Å². The number of hydrogen-bond acceptors (Lipinski definition) is 1. The van der Waals surface area contributed by atoms with Gasteiger partial charge >= 0.3 is 0 Å². The van der Waals surface area contributed by atoms with Crippen LogP contribution in [0.5, 0.6) is 0 Å². The molecule has 3 aromatic rings. The van der Waals surface area contributed by atoms with Gasteiger partial charge in [-0.1, -0.05) is 54.6 Å². The van der Waals surface area contributed by atoms with Crippen LogP contribution in [0.4, 0.5) is 0 Å². The average Bonchev–Trinajstić information content (AvgIpc) is 3.00. The largest absolute Gasteiger partial charge is 0.377 e. The Kier molecular flexibility index (Phi) is 4.71. The van der Waals surface area contributed by atoms with Crippen molar-refractivity contribution in [2.75, 3.05) is 6.61 Å². The van der Waals surface area contributed by atoms with E-state index < -0.39 is 0 Å². The molecule has 0 aliphatic heterocycles. The molecule has 1 atom stereocenters. The molecular weight excluding hydrogens is 270 g/mol. The predicted molar refractivity (Wildman–Crippen MR) is 91.9 cm³/mol. The van der Waals surface area contributed by atoms with Crippen molar-refractivity contribution < 1.29 is 4.74 Å². The highest BCUT2D eigenvalue weighted by Gasteiger charge is 2.09. The van der Waals surface area contributed by atoms with Crippen molar-refractivity contribution >= 4 is 10.9 Å². The lowest BCUT2D eigenvalue weighted by Gasteiger charge is -2.16. The van der Waals surface area contributed by atoms with Crippen LogP contribution in [0.1, 0.15) is 18.0 Å². The van der Waals surface area contributed by atoms with Crippen molar-refractivity contribution in [2.24, 2.45) is 0 Å². The highest BCUT2D eigenvalue weighted by Crippen LogP contribution is 2.22. The number of fused-ring (bicyclic) bond motifs is 1. The van der Waals surface area contributed by atoms with E-state index in [4.69, 9.17) is 4.74 Å². The van der Waals surface area contributed by atoms with Gasteiger partial charge in [-0.05, 0) is 29.5 Å². The molecule has 22 heavy (non-hydrogen) atoms. The molecule has 2 nitrogen and oxygen atoms in total. The fourth-order valence-corrected chi connectivity index (χ4v) is 2.73. The van der Waals surface area contributed by atoms with E-state index in [2.05, 4.69) is 59.8 Å². The van der Waals surface area contributed by atoms with Gasteiger partial charge in [0.05, 0.1) is 12.6 Å². The second-order valence-corrected chi connectivity index (χ2v) is 5.41. The average molecular weight is 291 g/mol. The van der Waals surface area contributed by atoms with E-state index in [0.717, 1.165) is 13.0 Å². The summed E-state index contributed by atoms with van der Waals surface area (Å²) in [6.45, 7) is 5.37. The standard InChI is InChI=1S/C20H21NO/c1-2-19(13-15-22-16-17-8-4-3-5-9-17)21-14-12-18-10-6-7-11-20(18)21/h2-12,14,19H,1,13,15-16H2/t19-/m1/s1. The summed E-state index contributed by atoms with van der Waals surface area (Å²) in [6, 6.07) is 21.1. The number of nitrogens with zero attached hydrogens (tertiary/aromatic N) is 1. The quantitative estimate of drug-likeness (QED) is 0.442. The third-order valence-electron chi connectivity index (χ3n) is 3.93. The summed E-state index contributed by atoms with van der Waals surface area (Å²) in [5, 5.41) is 1.26. The van der Waals surface area contributed by atoms with E-state index in [1.165, 1.54) is 16.5 Å². The van der Waals surface area contributed by atoms with Crippen LogP contribution in [0.15, 0.2) is 79.5 Å². The summed E-state index contributed by atoms with van der Waals surface area (Å²) < 4.78 is 8.07. The van der Waals surface area contributed by atoms with Crippen LogP contribution in [0, 0.1) is 0 Å². The van der Waals surface area contributed by atoms with Crippen LogP contribution < -0.4 is 0 Å². The topological polar surface area (TPSA) is 14.2 Å². The number of para-hydroxylation sites is 1. The normalized spacial score (nSPS) is 12.4. The van der Waals surface area contributed by atoms with E-state index >= 15 is 0 Å². The molecule has 0 spiro atoms. The molecule has 0 amide bonds. The van der Waals surface area contributed by atoms with Gasteiger partial charge in [0.25, 0.3) is 0 Å².